The van der Waals surface area contributed by atoms with Gasteiger partial charge in [0.1, 0.15) is 18.3 Å². The highest BCUT2D eigenvalue weighted by Crippen LogP contribution is 2.35. The van der Waals surface area contributed by atoms with E-state index in [-0.39, 0.29) is 40.2 Å². The second-order valence-electron chi connectivity index (χ2n) is 11.5. The number of methoxy groups -OCH3 is 1. The zero-order valence-electron chi connectivity index (χ0n) is 27.3. The van der Waals surface area contributed by atoms with Gasteiger partial charge in [0.05, 0.1) is 17.7 Å². The summed E-state index contributed by atoms with van der Waals surface area (Å²) < 4.78 is 35.2. The van der Waals surface area contributed by atoms with Crippen molar-refractivity contribution in [1.29, 1.82) is 0 Å². The molecule has 47 heavy (non-hydrogen) atoms. The van der Waals surface area contributed by atoms with Crippen LogP contribution >= 0.6 is 11.6 Å². The first-order valence-electron chi connectivity index (χ1n) is 15.6. The van der Waals surface area contributed by atoms with Gasteiger partial charge in [-0.25, -0.2) is 8.42 Å². The van der Waals surface area contributed by atoms with E-state index in [1.165, 1.54) is 30.2 Å². The van der Waals surface area contributed by atoms with Gasteiger partial charge in [-0.05, 0) is 61.7 Å². The van der Waals surface area contributed by atoms with E-state index in [2.05, 4.69) is 5.32 Å². The average molecular weight is 676 g/mol. The number of hydrogen-bond acceptors (Lipinski definition) is 5. The number of ether oxygens (including phenoxy) is 1. The van der Waals surface area contributed by atoms with E-state index in [0.29, 0.717) is 6.54 Å². The van der Waals surface area contributed by atoms with Crippen molar-refractivity contribution in [3.63, 3.8) is 0 Å². The van der Waals surface area contributed by atoms with Crippen molar-refractivity contribution in [2.75, 3.05) is 24.5 Å². The van der Waals surface area contributed by atoms with E-state index in [0.717, 1.165) is 39.4 Å². The quantitative estimate of drug-likeness (QED) is 0.141. The number of benzene rings is 4. The average Bonchev–Trinajstić information content (AvgIpc) is 3.05. The smallest absolute Gasteiger partial charge is 0.264 e. The summed E-state index contributed by atoms with van der Waals surface area (Å²) in [6, 6.07) is 27.3. The number of carbonyl (C=O) groups is 2. The van der Waals surface area contributed by atoms with Crippen molar-refractivity contribution >= 4 is 39.1 Å². The number of sulfonamides is 1. The highest BCUT2D eigenvalue weighted by molar-refractivity contribution is 7.92. The molecule has 0 spiro atoms. The molecule has 10 heteroatoms. The first-order valence-corrected chi connectivity index (χ1v) is 17.4. The molecular formula is C37H42ClN3O5S. The number of aryl methyl sites for hydroxylation is 2. The molecule has 0 radical (unpaired) electrons. The Morgan fingerprint density at radius 2 is 1.57 bits per heavy atom. The minimum absolute atomic E-state index is 0.00121. The summed E-state index contributed by atoms with van der Waals surface area (Å²) in [5, 5.41) is 3.28. The van der Waals surface area contributed by atoms with Crippen LogP contribution in [-0.4, -0.2) is 51.4 Å². The van der Waals surface area contributed by atoms with E-state index >= 15 is 0 Å². The number of halogens is 1. The summed E-state index contributed by atoms with van der Waals surface area (Å²) in [6.07, 6.45) is 1.91. The van der Waals surface area contributed by atoms with E-state index in [1.54, 1.807) is 24.3 Å². The standard InChI is InChI=1S/C37H42ClN3O5S/c1-5-6-21-39-37(43)34(23-29-12-8-7-9-13-29)40(25-30-14-10-11-28(3)22-30)36(42)26-41(33-24-31(38)17-20-35(33)46-4)47(44,45)32-18-15-27(2)16-19-32/h7-20,22,24,34H,5-6,21,23,25-26H2,1-4H3,(H,39,43). The van der Waals surface area contributed by atoms with Crippen molar-refractivity contribution in [3.8, 4) is 5.75 Å². The van der Waals surface area contributed by atoms with Crippen LogP contribution in [0.15, 0.2) is 102 Å². The van der Waals surface area contributed by atoms with Crippen molar-refractivity contribution < 1.29 is 22.7 Å². The van der Waals surface area contributed by atoms with Gasteiger partial charge in [-0.2, -0.15) is 0 Å². The summed E-state index contributed by atoms with van der Waals surface area (Å²) in [5.74, 6) is -0.645. The molecule has 0 aliphatic carbocycles. The first kappa shape index (κ1) is 35.5. The lowest BCUT2D eigenvalue weighted by atomic mass is 10.0. The van der Waals surface area contributed by atoms with Gasteiger partial charge in [0.25, 0.3) is 10.0 Å². The molecule has 0 heterocycles. The Balaban J connectivity index is 1.84. The maximum atomic E-state index is 14.7. The van der Waals surface area contributed by atoms with Gasteiger partial charge in [-0.3, -0.25) is 13.9 Å². The van der Waals surface area contributed by atoms with Crippen LogP contribution in [0.5, 0.6) is 5.75 Å². The van der Waals surface area contributed by atoms with Crippen LogP contribution < -0.4 is 14.4 Å². The fourth-order valence-corrected chi connectivity index (χ4v) is 6.86. The van der Waals surface area contributed by atoms with Gasteiger partial charge in [0.15, 0.2) is 0 Å². The van der Waals surface area contributed by atoms with Crippen LogP contribution in [0.2, 0.25) is 5.02 Å². The fourth-order valence-electron chi connectivity index (χ4n) is 5.28. The Bertz CT molecular complexity index is 1760. The summed E-state index contributed by atoms with van der Waals surface area (Å²) in [7, 11) is -2.88. The maximum absolute atomic E-state index is 14.7. The molecule has 0 aliphatic heterocycles. The third-order valence-electron chi connectivity index (χ3n) is 7.83. The van der Waals surface area contributed by atoms with E-state index in [4.69, 9.17) is 16.3 Å². The van der Waals surface area contributed by atoms with Crippen LogP contribution in [-0.2, 0) is 32.6 Å². The number of nitrogens with zero attached hydrogens (tertiary/aromatic N) is 2. The van der Waals surface area contributed by atoms with Crippen molar-refractivity contribution in [1.82, 2.24) is 10.2 Å². The molecule has 2 amide bonds. The molecule has 0 aromatic heterocycles. The highest BCUT2D eigenvalue weighted by Gasteiger charge is 2.35. The van der Waals surface area contributed by atoms with Crippen molar-refractivity contribution in [2.45, 2.75) is 57.5 Å². The molecule has 0 aliphatic rings. The molecule has 0 fully saturated rings. The SMILES string of the molecule is CCCCNC(=O)C(Cc1ccccc1)N(Cc1cccc(C)c1)C(=O)CN(c1cc(Cl)ccc1OC)S(=O)(=O)c1ccc(C)cc1. The predicted molar refractivity (Wildman–Crippen MR) is 187 cm³/mol. The molecule has 4 aromatic rings. The number of amides is 2. The number of nitrogens with one attached hydrogen (secondary N) is 1. The summed E-state index contributed by atoms with van der Waals surface area (Å²) in [5.41, 5.74) is 3.66. The molecule has 1 atom stereocenters. The van der Waals surface area contributed by atoms with Crippen LogP contribution in [0.1, 0.15) is 42.0 Å². The molecular weight excluding hydrogens is 634 g/mol. The molecule has 0 bridgehead atoms. The summed E-state index contributed by atoms with van der Waals surface area (Å²) >= 11 is 6.37. The Morgan fingerprint density at radius 3 is 2.23 bits per heavy atom. The van der Waals surface area contributed by atoms with Gasteiger partial charge in [0.2, 0.25) is 11.8 Å². The number of rotatable bonds is 15. The minimum atomic E-state index is -4.30. The zero-order chi connectivity index (χ0) is 34.0. The maximum Gasteiger partial charge on any atom is 0.264 e. The Kier molecular flexibility index (Phi) is 12.4. The summed E-state index contributed by atoms with van der Waals surface area (Å²) in [4.78, 5) is 30.1. The minimum Gasteiger partial charge on any atom is -0.495 e. The van der Waals surface area contributed by atoms with E-state index in [1.807, 2.05) is 75.4 Å². The van der Waals surface area contributed by atoms with E-state index in [9.17, 15) is 18.0 Å². The van der Waals surface area contributed by atoms with Crippen LogP contribution in [0.25, 0.3) is 0 Å². The van der Waals surface area contributed by atoms with E-state index < -0.39 is 28.5 Å². The monoisotopic (exact) mass is 675 g/mol. The van der Waals surface area contributed by atoms with Gasteiger partial charge in [0, 0.05) is 24.5 Å². The lowest BCUT2D eigenvalue weighted by Gasteiger charge is -2.34. The molecule has 8 nitrogen and oxygen atoms in total. The van der Waals surface area contributed by atoms with Crippen molar-refractivity contribution in [2.24, 2.45) is 0 Å². The van der Waals surface area contributed by atoms with Crippen LogP contribution in [0, 0.1) is 13.8 Å². The van der Waals surface area contributed by atoms with Crippen LogP contribution in [0.3, 0.4) is 0 Å². The zero-order valence-corrected chi connectivity index (χ0v) is 28.9. The molecule has 1 unspecified atom stereocenters. The van der Waals surface area contributed by atoms with Gasteiger partial charge >= 0.3 is 0 Å². The molecule has 4 aromatic carbocycles. The lowest BCUT2D eigenvalue weighted by molar-refractivity contribution is -0.140. The predicted octanol–water partition coefficient (Wildman–Crippen LogP) is 6.72. The Morgan fingerprint density at radius 1 is 0.872 bits per heavy atom. The number of unbranched alkanes of at least 4 members (excludes halogenated alkanes) is 1. The number of hydrogen-bond donors (Lipinski definition) is 1. The largest absolute Gasteiger partial charge is 0.495 e. The Labute approximate surface area is 283 Å². The molecule has 0 saturated heterocycles. The highest BCUT2D eigenvalue weighted by atomic mass is 35.5. The van der Waals surface area contributed by atoms with Crippen LogP contribution in [0.4, 0.5) is 5.69 Å². The van der Waals surface area contributed by atoms with Gasteiger partial charge < -0.3 is 15.0 Å². The second-order valence-corrected chi connectivity index (χ2v) is 13.8. The number of anilines is 1. The normalized spacial score (nSPS) is 11.9. The molecule has 4 rings (SSSR count). The fraction of sp³-hybridized carbons (Fsp3) is 0.297. The molecule has 248 valence electrons. The van der Waals surface area contributed by atoms with Gasteiger partial charge in [-0.15, -0.1) is 0 Å². The summed E-state index contributed by atoms with van der Waals surface area (Å²) in [6.45, 7) is 5.79. The Hall–Kier alpha value is -4.34. The second kappa shape index (κ2) is 16.5. The third kappa shape index (κ3) is 9.36. The lowest BCUT2D eigenvalue weighted by Crippen LogP contribution is -2.53. The van der Waals surface area contributed by atoms with Gasteiger partial charge in [-0.1, -0.05) is 103 Å². The topological polar surface area (TPSA) is 96.0 Å². The molecule has 1 N–H and O–H groups in total. The first-order chi connectivity index (χ1) is 22.5. The molecule has 0 saturated carbocycles. The number of carbonyl (C=O) groups excluding carboxylic acids is 2. The third-order valence-corrected chi connectivity index (χ3v) is 9.84. The van der Waals surface area contributed by atoms with Crippen molar-refractivity contribution in [3.05, 3.63) is 124 Å².